The lowest BCUT2D eigenvalue weighted by Gasteiger charge is -2.24. The maximum absolute atomic E-state index is 13.1. The Kier molecular flexibility index (Phi) is 15.6. The van der Waals surface area contributed by atoms with Gasteiger partial charge in [0, 0.05) is 0 Å². The van der Waals surface area contributed by atoms with E-state index >= 15 is 0 Å². The zero-order chi connectivity index (χ0) is 19.0. The number of hydrogen-bond acceptors (Lipinski definition) is 6. The van der Waals surface area contributed by atoms with Crippen molar-refractivity contribution in [2.24, 2.45) is 0 Å². The molecule has 25 heavy (non-hydrogen) atoms. The van der Waals surface area contributed by atoms with Gasteiger partial charge in [0.2, 0.25) is 0 Å². The van der Waals surface area contributed by atoms with E-state index in [1.54, 1.807) is 0 Å². The van der Waals surface area contributed by atoms with Gasteiger partial charge in [0.1, 0.15) is 0 Å². The largest absolute Gasteiger partial charge is 0.342 e. The fourth-order valence-electron chi connectivity index (χ4n) is 1.84. The first-order valence-electron chi connectivity index (χ1n) is 9.71. The molecule has 0 aliphatic carbocycles. The third-order valence-corrected chi connectivity index (χ3v) is 8.57. The van der Waals surface area contributed by atoms with Crippen molar-refractivity contribution in [1.29, 1.82) is 0 Å². The van der Waals surface area contributed by atoms with Gasteiger partial charge in [0.05, 0.1) is 26.4 Å². The average Bonchev–Trinajstić information content (AvgIpc) is 2.56. The molecule has 0 rings (SSSR count). The second kappa shape index (κ2) is 15.4. The Morgan fingerprint density at radius 1 is 0.520 bits per heavy atom. The van der Waals surface area contributed by atoms with Gasteiger partial charge in [0.25, 0.3) is 0 Å². The average molecular weight is 400 g/mol. The molecular weight excluding hydrogens is 362 g/mol. The van der Waals surface area contributed by atoms with Gasteiger partial charge in [-0.15, -0.1) is 0 Å². The summed E-state index contributed by atoms with van der Waals surface area (Å²) in [5.74, 6) is -0.305. The minimum Gasteiger partial charge on any atom is -0.308 e. The van der Waals surface area contributed by atoms with E-state index in [0.29, 0.717) is 26.4 Å². The summed E-state index contributed by atoms with van der Waals surface area (Å²) in [6.07, 6.45) is 6.80. The number of rotatable bonds is 18. The molecular formula is C17H38O6P2. The predicted molar refractivity (Wildman–Crippen MR) is 104 cm³/mol. The van der Waals surface area contributed by atoms with Crippen LogP contribution in [0.4, 0.5) is 0 Å². The molecule has 6 nitrogen and oxygen atoms in total. The van der Waals surface area contributed by atoms with E-state index in [1.165, 1.54) is 0 Å². The van der Waals surface area contributed by atoms with Crippen LogP contribution in [-0.2, 0) is 27.2 Å². The highest BCUT2D eigenvalue weighted by Gasteiger charge is 2.38. The van der Waals surface area contributed by atoms with E-state index in [-0.39, 0.29) is 5.90 Å². The molecule has 0 fully saturated rings. The second-order valence-electron chi connectivity index (χ2n) is 6.11. The highest BCUT2D eigenvalue weighted by Crippen LogP contribution is 2.64. The predicted octanol–water partition coefficient (Wildman–Crippen LogP) is 6.60. The molecule has 0 aromatic heterocycles. The maximum Gasteiger partial charge on any atom is 0.342 e. The van der Waals surface area contributed by atoms with E-state index in [0.717, 1.165) is 51.4 Å². The molecule has 0 atom stereocenters. The first-order chi connectivity index (χ1) is 11.9. The summed E-state index contributed by atoms with van der Waals surface area (Å²) < 4.78 is 48.2. The summed E-state index contributed by atoms with van der Waals surface area (Å²) >= 11 is 0. The fourth-order valence-corrected chi connectivity index (χ4v) is 6.62. The van der Waals surface area contributed by atoms with Crippen molar-refractivity contribution in [2.75, 3.05) is 32.3 Å². The lowest BCUT2D eigenvalue weighted by atomic mass is 10.4. The van der Waals surface area contributed by atoms with Gasteiger partial charge in [0.15, 0.2) is 5.90 Å². The monoisotopic (exact) mass is 400 g/mol. The summed E-state index contributed by atoms with van der Waals surface area (Å²) in [4.78, 5) is 0. The lowest BCUT2D eigenvalue weighted by Crippen LogP contribution is -2.08. The second-order valence-corrected chi connectivity index (χ2v) is 10.7. The van der Waals surface area contributed by atoms with Gasteiger partial charge < -0.3 is 18.1 Å². The van der Waals surface area contributed by atoms with Gasteiger partial charge >= 0.3 is 15.2 Å². The highest BCUT2D eigenvalue weighted by atomic mass is 31.2. The maximum atomic E-state index is 13.1. The molecule has 0 unspecified atom stereocenters. The van der Waals surface area contributed by atoms with Gasteiger partial charge in [-0.2, -0.15) is 0 Å². The first-order valence-corrected chi connectivity index (χ1v) is 13.2. The quantitative estimate of drug-likeness (QED) is 0.191. The minimum absolute atomic E-state index is 0.305. The Balaban J connectivity index is 4.97. The van der Waals surface area contributed by atoms with Crippen molar-refractivity contribution >= 4 is 15.2 Å². The number of hydrogen-bond donors (Lipinski definition) is 0. The van der Waals surface area contributed by atoms with Crippen LogP contribution in [0.15, 0.2) is 0 Å². The SMILES string of the molecule is CCCCOP(=O)(CP(=O)(OCCCC)OCCCC)OCCCC. The first kappa shape index (κ1) is 25.3. The Labute approximate surface area is 154 Å². The molecule has 0 heterocycles. The van der Waals surface area contributed by atoms with Crippen LogP contribution < -0.4 is 0 Å². The van der Waals surface area contributed by atoms with Gasteiger partial charge in [-0.3, -0.25) is 9.13 Å². The Bertz CT molecular complexity index is 339. The molecule has 0 N–H and O–H groups in total. The van der Waals surface area contributed by atoms with Crippen molar-refractivity contribution in [3.63, 3.8) is 0 Å². The van der Waals surface area contributed by atoms with Crippen LogP contribution in [0.2, 0.25) is 0 Å². The van der Waals surface area contributed by atoms with E-state index in [4.69, 9.17) is 18.1 Å². The highest BCUT2D eigenvalue weighted by molar-refractivity contribution is 7.71. The molecule has 0 amide bonds. The molecule has 0 saturated carbocycles. The fraction of sp³-hybridized carbons (Fsp3) is 1.00. The Hall–Kier alpha value is 0.300. The van der Waals surface area contributed by atoms with Crippen molar-refractivity contribution in [3.8, 4) is 0 Å². The van der Waals surface area contributed by atoms with Crippen LogP contribution >= 0.6 is 15.2 Å². The van der Waals surface area contributed by atoms with Gasteiger partial charge in [-0.05, 0) is 25.7 Å². The topological polar surface area (TPSA) is 71.1 Å². The molecule has 0 saturated heterocycles. The van der Waals surface area contributed by atoms with Crippen LogP contribution in [0.25, 0.3) is 0 Å². The van der Waals surface area contributed by atoms with Crippen LogP contribution in [0.5, 0.6) is 0 Å². The molecule has 8 heteroatoms. The van der Waals surface area contributed by atoms with E-state index in [1.807, 2.05) is 27.7 Å². The van der Waals surface area contributed by atoms with Crippen molar-refractivity contribution in [3.05, 3.63) is 0 Å². The van der Waals surface area contributed by atoms with Gasteiger partial charge in [-0.25, -0.2) is 0 Å². The van der Waals surface area contributed by atoms with E-state index in [9.17, 15) is 9.13 Å². The Morgan fingerprint density at radius 2 is 0.760 bits per heavy atom. The molecule has 0 aromatic rings. The molecule has 0 aliphatic rings. The zero-order valence-corrected chi connectivity index (χ0v) is 18.3. The summed E-state index contributed by atoms with van der Waals surface area (Å²) in [5, 5.41) is 0. The summed E-state index contributed by atoms with van der Waals surface area (Å²) in [5.41, 5.74) is 0. The molecule has 152 valence electrons. The Morgan fingerprint density at radius 3 is 0.960 bits per heavy atom. The van der Waals surface area contributed by atoms with E-state index < -0.39 is 15.2 Å². The zero-order valence-electron chi connectivity index (χ0n) is 16.5. The van der Waals surface area contributed by atoms with Crippen LogP contribution in [0, 0.1) is 0 Å². The van der Waals surface area contributed by atoms with Crippen LogP contribution in [-0.4, -0.2) is 32.3 Å². The standard InChI is InChI=1S/C17H38O6P2/c1-5-9-13-20-24(18,21-14-10-6-2)17-25(19,22-15-11-7-3)23-16-12-8-4/h5-17H2,1-4H3. The van der Waals surface area contributed by atoms with Crippen molar-refractivity contribution in [2.45, 2.75) is 79.1 Å². The summed E-state index contributed by atoms with van der Waals surface area (Å²) in [6, 6.07) is 0. The lowest BCUT2D eigenvalue weighted by molar-refractivity contribution is 0.187. The number of unbranched alkanes of at least 4 members (excludes halogenated alkanes) is 4. The van der Waals surface area contributed by atoms with Crippen LogP contribution in [0.3, 0.4) is 0 Å². The minimum atomic E-state index is -3.51. The smallest absolute Gasteiger partial charge is 0.308 e. The molecule has 0 spiro atoms. The molecule has 0 aliphatic heterocycles. The summed E-state index contributed by atoms with van der Waals surface area (Å²) in [6.45, 7) is 9.40. The third kappa shape index (κ3) is 13.2. The van der Waals surface area contributed by atoms with Gasteiger partial charge in [-0.1, -0.05) is 53.4 Å². The molecule has 0 bridgehead atoms. The normalized spacial score (nSPS) is 12.6. The molecule has 0 radical (unpaired) electrons. The molecule has 0 aromatic carbocycles. The van der Waals surface area contributed by atoms with E-state index in [2.05, 4.69) is 0 Å². The van der Waals surface area contributed by atoms with Crippen molar-refractivity contribution < 1.29 is 27.2 Å². The third-order valence-electron chi connectivity index (χ3n) is 3.49. The van der Waals surface area contributed by atoms with Crippen LogP contribution in [0.1, 0.15) is 79.1 Å². The summed E-state index contributed by atoms with van der Waals surface area (Å²) in [7, 11) is -7.02. The van der Waals surface area contributed by atoms with Crippen molar-refractivity contribution in [1.82, 2.24) is 0 Å².